The highest BCUT2D eigenvalue weighted by atomic mass is 32.2. The summed E-state index contributed by atoms with van der Waals surface area (Å²) in [5.74, 6) is 0. The summed E-state index contributed by atoms with van der Waals surface area (Å²) >= 11 is 0. The molecule has 29 heavy (non-hydrogen) atoms. The molecule has 2 aliphatic rings. The highest BCUT2D eigenvalue weighted by Crippen LogP contribution is 2.23. The second kappa shape index (κ2) is 8.79. The maximum atomic E-state index is 12.2. The van der Waals surface area contributed by atoms with Gasteiger partial charge >= 0.3 is 6.09 Å². The number of aromatic amines is 1. The summed E-state index contributed by atoms with van der Waals surface area (Å²) < 4.78 is 30.7. The fraction of sp³-hybridized carbons (Fsp3) is 0.647. The number of anilines is 1. The van der Waals surface area contributed by atoms with Gasteiger partial charge in [-0.15, -0.1) is 0 Å². The predicted octanol–water partition coefficient (Wildman–Crippen LogP) is -0.193. The number of ether oxygens (including phenoxy) is 1. The van der Waals surface area contributed by atoms with Crippen molar-refractivity contribution in [3.8, 4) is 6.07 Å². The molecule has 3 rings (SSSR count). The average Bonchev–Trinajstić information content (AvgIpc) is 3.10. The minimum absolute atomic E-state index is 0.00966. The lowest BCUT2D eigenvalue weighted by atomic mass is 9.92. The average molecular weight is 424 g/mol. The summed E-state index contributed by atoms with van der Waals surface area (Å²) in [5, 5.41) is 18.0. The Kier molecular flexibility index (Phi) is 6.39. The van der Waals surface area contributed by atoms with Crippen molar-refractivity contribution >= 4 is 21.8 Å². The van der Waals surface area contributed by atoms with Gasteiger partial charge in [-0.05, 0) is 25.7 Å². The maximum absolute atomic E-state index is 12.2. The molecule has 1 atom stereocenters. The molecule has 1 saturated carbocycles. The largest absolute Gasteiger partial charge is 0.444 e. The number of sulfonamides is 1. The molecule has 2 heterocycles. The molecule has 1 aromatic heterocycles. The number of aromatic nitrogens is 2. The number of carbonyl (C=O) groups excluding carboxylic acids is 1. The van der Waals surface area contributed by atoms with Crippen molar-refractivity contribution in [2.75, 3.05) is 24.2 Å². The second-order valence-electron chi connectivity index (χ2n) is 7.42. The van der Waals surface area contributed by atoms with Crippen LogP contribution >= 0.6 is 0 Å². The van der Waals surface area contributed by atoms with Gasteiger partial charge < -0.3 is 15.0 Å². The molecule has 11 nitrogen and oxygen atoms in total. The molecule has 158 valence electrons. The van der Waals surface area contributed by atoms with E-state index in [-0.39, 0.29) is 23.8 Å². The topological polar surface area (TPSA) is 157 Å². The van der Waals surface area contributed by atoms with Gasteiger partial charge in [0.1, 0.15) is 17.7 Å². The van der Waals surface area contributed by atoms with Gasteiger partial charge in [-0.2, -0.15) is 10.4 Å². The number of nitrogens with zero attached hydrogens (tertiary/aromatic N) is 3. The molecule has 0 unspecified atom stereocenters. The zero-order valence-electron chi connectivity index (χ0n) is 16.1. The number of nitrogens with one attached hydrogen (secondary N) is 3. The van der Waals surface area contributed by atoms with Crippen LogP contribution in [0.4, 0.5) is 10.5 Å². The Morgan fingerprint density at radius 1 is 1.31 bits per heavy atom. The molecule has 0 bridgehead atoms. The zero-order chi connectivity index (χ0) is 21.0. The summed E-state index contributed by atoms with van der Waals surface area (Å²) in [6.07, 6.45) is 4.92. The molecule has 0 spiro atoms. The summed E-state index contributed by atoms with van der Waals surface area (Å²) in [6, 6.07) is 1.73. The van der Waals surface area contributed by atoms with Crippen molar-refractivity contribution in [3.05, 3.63) is 22.1 Å². The molecular weight excluding hydrogens is 400 g/mol. The Hall–Kier alpha value is -2.65. The van der Waals surface area contributed by atoms with Crippen LogP contribution in [0.5, 0.6) is 0 Å². The molecule has 2 fully saturated rings. The van der Waals surface area contributed by atoms with Gasteiger partial charge in [-0.25, -0.2) is 23.0 Å². The van der Waals surface area contributed by atoms with Crippen molar-refractivity contribution in [2.45, 2.75) is 50.3 Å². The first-order chi connectivity index (χ1) is 13.7. The summed E-state index contributed by atoms with van der Waals surface area (Å²) in [7, 11) is -3.23. The van der Waals surface area contributed by atoms with Crippen LogP contribution in [0.2, 0.25) is 0 Å². The molecule has 12 heteroatoms. The lowest BCUT2D eigenvalue weighted by Crippen LogP contribution is -2.44. The van der Waals surface area contributed by atoms with Crippen LogP contribution in [0.3, 0.4) is 0 Å². The lowest BCUT2D eigenvalue weighted by Gasteiger charge is -2.29. The van der Waals surface area contributed by atoms with Crippen LogP contribution < -0.4 is 20.5 Å². The minimum Gasteiger partial charge on any atom is -0.444 e. The molecule has 3 N–H and O–H groups in total. The molecule has 1 aliphatic carbocycles. The number of rotatable bonds is 5. The fourth-order valence-corrected chi connectivity index (χ4v) is 4.63. The van der Waals surface area contributed by atoms with E-state index in [1.165, 1.54) is 6.20 Å². The van der Waals surface area contributed by atoms with Crippen LogP contribution in [0, 0.1) is 11.3 Å². The van der Waals surface area contributed by atoms with Gasteiger partial charge in [0.15, 0.2) is 0 Å². The van der Waals surface area contributed by atoms with Crippen molar-refractivity contribution in [3.63, 3.8) is 0 Å². The third-order valence-corrected chi connectivity index (χ3v) is 5.90. The van der Waals surface area contributed by atoms with E-state index in [0.29, 0.717) is 50.9 Å². The monoisotopic (exact) mass is 424 g/mol. The van der Waals surface area contributed by atoms with E-state index >= 15 is 0 Å². The predicted molar refractivity (Wildman–Crippen MR) is 104 cm³/mol. The van der Waals surface area contributed by atoms with Gasteiger partial charge in [-0.3, -0.25) is 4.79 Å². The van der Waals surface area contributed by atoms with E-state index in [0.717, 1.165) is 6.26 Å². The van der Waals surface area contributed by atoms with Gasteiger partial charge in [0.2, 0.25) is 10.0 Å². The van der Waals surface area contributed by atoms with Gasteiger partial charge in [0, 0.05) is 25.0 Å². The second-order valence-corrected chi connectivity index (χ2v) is 9.20. The summed E-state index contributed by atoms with van der Waals surface area (Å²) in [6.45, 7) is 0.915. The van der Waals surface area contributed by atoms with Crippen molar-refractivity contribution in [1.82, 2.24) is 20.2 Å². The quantitative estimate of drug-likeness (QED) is 0.587. The Bertz CT molecular complexity index is 948. The maximum Gasteiger partial charge on any atom is 0.407 e. The van der Waals surface area contributed by atoms with E-state index in [9.17, 15) is 23.3 Å². The minimum atomic E-state index is -3.23. The third kappa shape index (κ3) is 5.68. The first kappa shape index (κ1) is 21.1. The number of nitriles is 1. The van der Waals surface area contributed by atoms with E-state index in [2.05, 4.69) is 20.2 Å². The van der Waals surface area contributed by atoms with Crippen molar-refractivity contribution < 1.29 is 17.9 Å². The van der Waals surface area contributed by atoms with E-state index in [1.807, 2.05) is 6.07 Å². The number of H-pyrrole nitrogens is 1. The molecule has 1 saturated heterocycles. The molecule has 1 aliphatic heterocycles. The Morgan fingerprint density at radius 3 is 2.66 bits per heavy atom. The Labute approximate surface area is 168 Å². The highest BCUT2D eigenvalue weighted by Gasteiger charge is 2.30. The van der Waals surface area contributed by atoms with Crippen molar-refractivity contribution in [1.29, 1.82) is 5.26 Å². The van der Waals surface area contributed by atoms with E-state index in [4.69, 9.17) is 4.74 Å². The Balaban J connectivity index is 1.46. The van der Waals surface area contributed by atoms with Crippen molar-refractivity contribution in [2.24, 2.45) is 0 Å². The van der Waals surface area contributed by atoms with Crippen LogP contribution in [0.25, 0.3) is 0 Å². The number of alkyl carbamates (subject to hydrolysis) is 1. The van der Waals surface area contributed by atoms with Crippen LogP contribution in [-0.2, 0) is 14.8 Å². The van der Waals surface area contributed by atoms with Gasteiger partial charge in [0.25, 0.3) is 5.56 Å². The molecule has 1 aromatic rings. The number of hydrogen-bond acceptors (Lipinski definition) is 8. The SMILES string of the molecule is CS(=O)(=O)N[C@H]1CC[C@H](NC(=O)O[C@@H]2CCN(c3cn[nH]c(=O)c3C#N)C2)CC1. The molecular formula is C17H24N6O5S. The van der Waals surface area contributed by atoms with Crippen LogP contribution in [-0.4, -0.2) is 62.2 Å². The standard InChI is InChI=1S/C17H24N6O5S/c1-29(26,27)22-12-4-2-11(3-5-12)20-17(25)28-13-6-7-23(10-13)15-9-19-21-16(24)14(15)8-18/h9,11-13,22H,2-7,10H2,1H3,(H,20,25)(H,21,24)/t11-,12-,13-/m1/s1. The van der Waals surface area contributed by atoms with Crippen LogP contribution in [0.15, 0.2) is 11.0 Å². The third-order valence-electron chi connectivity index (χ3n) is 5.14. The number of carbonyl (C=O) groups is 1. The molecule has 0 radical (unpaired) electrons. The molecule has 0 aromatic carbocycles. The fourth-order valence-electron chi connectivity index (χ4n) is 3.79. The molecule has 1 amide bonds. The Morgan fingerprint density at radius 2 is 2.00 bits per heavy atom. The normalized spacial score (nSPS) is 24.7. The lowest BCUT2D eigenvalue weighted by molar-refractivity contribution is 0.102. The number of amides is 1. The van der Waals surface area contributed by atoms with Gasteiger partial charge in [0.05, 0.1) is 24.7 Å². The van der Waals surface area contributed by atoms with Gasteiger partial charge in [-0.1, -0.05) is 0 Å². The summed E-state index contributed by atoms with van der Waals surface area (Å²) in [4.78, 5) is 25.7. The first-order valence-corrected chi connectivity index (χ1v) is 11.3. The number of hydrogen-bond donors (Lipinski definition) is 3. The van der Waals surface area contributed by atoms with E-state index in [1.54, 1.807) is 4.90 Å². The highest BCUT2D eigenvalue weighted by molar-refractivity contribution is 7.88. The van der Waals surface area contributed by atoms with Crippen LogP contribution in [0.1, 0.15) is 37.7 Å². The summed E-state index contributed by atoms with van der Waals surface area (Å²) in [5.41, 5.74) is -0.128. The first-order valence-electron chi connectivity index (χ1n) is 9.42. The zero-order valence-corrected chi connectivity index (χ0v) is 16.9. The van der Waals surface area contributed by atoms with E-state index < -0.39 is 21.7 Å². The smallest absolute Gasteiger partial charge is 0.407 e.